The molecule has 0 atom stereocenters. The first-order chi connectivity index (χ1) is 5.68. The third-order valence-electron chi connectivity index (χ3n) is 0.816. The van der Waals surface area contributed by atoms with E-state index in [-0.39, 0.29) is 0 Å². The number of hydrogen-bond donors (Lipinski definition) is 0. The van der Waals surface area contributed by atoms with Crippen LogP contribution >= 0.6 is 0 Å². The Morgan fingerprint density at radius 1 is 0.750 bits per heavy atom. The van der Waals surface area contributed by atoms with Crippen molar-refractivity contribution < 1.29 is 0 Å². The normalized spacial score (nSPS) is 6.50. The van der Waals surface area contributed by atoms with Crippen molar-refractivity contribution in [3.8, 4) is 0 Å². The molecule has 0 nitrogen and oxygen atoms in total. The Balaban J connectivity index is -0.0000000397. The molecule has 0 unspecified atom stereocenters. The largest absolute Gasteiger partial charge is 0.0683 e. The molecule has 80 valence electrons. The van der Waals surface area contributed by atoms with Crippen LogP contribution in [-0.2, 0) is 0 Å². The second-order valence-corrected chi connectivity index (χ2v) is 2.51. The monoisotopic (exact) mass is 176 g/mol. The van der Waals surface area contributed by atoms with Crippen molar-refractivity contribution >= 4 is 0 Å². The van der Waals surface area contributed by atoms with Crippen LogP contribution in [0.5, 0.6) is 0 Å². The van der Waals surface area contributed by atoms with Crippen LogP contribution in [0.1, 0.15) is 75.2 Å². The Hall–Kier alpha value is 0. The first-order valence-electron chi connectivity index (χ1n) is 5.68. The zero-order valence-electron chi connectivity index (χ0n) is 11.0. The molecule has 0 saturated carbocycles. The topological polar surface area (TPSA) is 0 Å². The standard InChI is InChI=1S/C5H12.C3H8.2C2H6/c1-4-5(2)3;1-3-2;2*1-2/h5H,4H2,1-3H3;3H2,1-2H3;2*1-2H3. The van der Waals surface area contributed by atoms with Gasteiger partial charge in [0.05, 0.1) is 0 Å². The van der Waals surface area contributed by atoms with Crippen LogP contribution in [0.4, 0.5) is 0 Å². The molecule has 0 radical (unpaired) electrons. The van der Waals surface area contributed by atoms with E-state index in [1.807, 2.05) is 27.7 Å². The maximum atomic E-state index is 2.22. The second-order valence-electron chi connectivity index (χ2n) is 2.51. The summed E-state index contributed by atoms with van der Waals surface area (Å²) in [5.41, 5.74) is 0. The van der Waals surface area contributed by atoms with Gasteiger partial charge in [0.15, 0.2) is 0 Å². The molecule has 0 heterocycles. The Labute approximate surface area is 81.8 Å². The van der Waals surface area contributed by atoms with Crippen molar-refractivity contribution in [1.29, 1.82) is 0 Å². The van der Waals surface area contributed by atoms with E-state index in [0.29, 0.717) is 0 Å². The third-order valence-corrected chi connectivity index (χ3v) is 0.816. The number of rotatable bonds is 1. The fraction of sp³-hybridized carbons (Fsp3) is 1.00. The van der Waals surface area contributed by atoms with E-state index >= 15 is 0 Å². The molecule has 0 N–H and O–H groups in total. The van der Waals surface area contributed by atoms with Crippen LogP contribution in [-0.4, -0.2) is 0 Å². The fourth-order valence-corrected chi connectivity index (χ4v) is 0. The van der Waals surface area contributed by atoms with Crippen LogP contribution in [0.3, 0.4) is 0 Å². The molecule has 0 saturated heterocycles. The molecular formula is C12H32. The highest BCUT2D eigenvalue weighted by Crippen LogP contribution is 1.93. The molecule has 0 aliphatic heterocycles. The van der Waals surface area contributed by atoms with Gasteiger partial charge < -0.3 is 0 Å². The van der Waals surface area contributed by atoms with Gasteiger partial charge in [-0.3, -0.25) is 0 Å². The summed E-state index contributed by atoms with van der Waals surface area (Å²) in [4.78, 5) is 0. The summed E-state index contributed by atoms with van der Waals surface area (Å²) >= 11 is 0. The van der Waals surface area contributed by atoms with Gasteiger partial charge in [-0.05, 0) is 5.92 Å². The highest BCUT2D eigenvalue weighted by molar-refractivity contribution is 4.32. The van der Waals surface area contributed by atoms with Crippen molar-refractivity contribution in [2.75, 3.05) is 0 Å². The maximum absolute atomic E-state index is 2.22. The maximum Gasteiger partial charge on any atom is -0.0474 e. The minimum Gasteiger partial charge on any atom is -0.0683 e. The molecule has 0 aromatic carbocycles. The Morgan fingerprint density at radius 2 is 0.833 bits per heavy atom. The SMILES string of the molecule is CC.CC.CCC.CCC(C)C. The molecule has 0 heteroatoms. The molecule has 12 heavy (non-hydrogen) atoms. The van der Waals surface area contributed by atoms with Gasteiger partial charge in [-0.2, -0.15) is 0 Å². The summed E-state index contributed by atoms with van der Waals surface area (Å²) in [5.74, 6) is 0.884. The highest BCUT2D eigenvalue weighted by atomic mass is 13.9. The highest BCUT2D eigenvalue weighted by Gasteiger charge is 1.80. The second kappa shape index (κ2) is 44.0. The van der Waals surface area contributed by atoms with Gasteiger partial charge in [-0.1, -0.05) is 75.2 Å². The molecule has 0 aromatic rings. The summed E-state index contributed by atoms with van der Waals surface area (Å²) in [7, 11) is 0. The van der Waals surface area contributed by atoms with E-state index in [2.05, 4.69) is 34.6 Å². The van der Waals surface area contributed by atoms with Gasteiger partial charge in [0.25, 0.3) is 0 Å². The lowest BCUT2D eigenvalue weighted by molar-refractivity contribution is 0.626. The van der Waals surface area contributed by atoms with Gasteiger partial charge >= 0.3 is 0 Å². The van der Waals surface area contributed by atoms with Crippen LogP contribution < -0.4 is 0 Å². The first kappa shape index (κ1) is 22.7. The molecule has 0 spiro atoms. The van der Waals surface area contributed by atoms with Crippen molar-refractivity contribution in [2.45, 2.75) is 75.2 Å². The van der Waals surface area contributed by atoms with Crippen molar-refractivity contribution in [2.24, 2.45) is 5.92 Å². The lowest BCUT2D eigenvalue weighted by Crippen LogP contribution is -1.77. The molecule has 0 aromatic heterocycles. The van der Waals surface area contributed by atoms with Crippen molar-refractivity contribution in [3.05, 3.63) is 0 Å². The zero-order chi connectivity index (χ0) is 11.0. The van der Waals surface area contributed by atoms with E-state index in [1.54, 1.807) is 0 Å². The molecule has 0 aliphatic rings. The molecular weight excluding hydrogens is 144 g/mol. The predicted molar refractivity (Wildman–Crippen MR) is 63.8 cm³/mol. The molecule has 0 fully saturated rings. The smallest absolute Gasteiger partial charge is 0.0474 e. The van der Waals surface area contributed by atoms with E-state index in [1.165, 1.54) is 12.8 Å². The lowest BCUT2D eigenvalue weighted by Gasteiger charge is -1.90. The summed E-state index contributed by atoms with van der Waals surface area (Å²) < 4.78 is 0. The van der Waals surface area contributed by atoms with Gasteiger partial charge in [0.2, 0.25) is 0 Å². The average molecular weight is 176 g/mol. The molecule has 0 rings (SSSR count). The fourth-order valence-electron chi connectivity index (χ4n) is 0. The lowest BCUT2D eigenvalue weighted by atomic mass is 10.2. The zero-order valence-corrected chi connectivity index (χ0v) is 11.0. The summed E-state index contributed by atoms with van der Waals surface area (Å²) in [5, 5.41) is 0. The summed E-state index contributed by atoms with van der Waals surface area (Å²) in [6.07, 6.45) is 2.56. The van der Waals surface area contributed by atoms with E-state index in [9.17, 15) is 0 Å². The molecule has 0 amide bonds. The average Bonchev–Trinajstić information content (AvgIpc) is 2.13. The van der Waals surface area contributed by atoms with Crippen LogP contribution in [0, 0.1) is 5.92 Å². The van der Waals surface area contributed by atoms with Crippen LogP contribution in [0.2, 0.25) is 0 Å². The Kier molecular flexibility index (Phi) is 83.2. The summed E-state index contributed by atoms with van der Waals surface area (Å²) in [6.45, 7) is 18.9. The van der Waals surface area contributed by atoms with E-state index in [4.69, 9.17) is 0 Å². The predicted octanol–water partition coefficient (Wildman–Crippen LogP) is 5.52. The van der Waals surface area contributed by atoms with Gasteiger partial charge in [0.1, 0.15) is 0 Å². The van der Waals surface area contributed by atoms with Crippen LogP contribution in [0.25, 0.3) is 0 Å². The molecule has 0 bridgehead atoms. The van der Waals surface area contributed by atoms with Crippen LogP contribution in [0.15, 0.2) is 0 Å². The van der Waals surface area contributed by atoms with Gasteiger partial charge in [-0.25, -0.2) is 0 Å². The minimum atomic E-state index is 0.884. The van der Waals surface area contributed by atoms with Gasteiger partial charge in [-0.15, -0.1) is 0 Å². The van der Waals surface area contributed by atoms with E-state index in [0.717, 1.165) is 5.92 Å². The summed E-state index contributed by atoms with van der Waals surface area (Å²) in [6, 6.07) is 0. The molecule has 0 aliphatic carbocycles. The minimum absolute atomic E-state index is 0.884. The van der Waals surface area contributed by atoms with Crippen molar-refractivity contribution in [3.63, 3.8) is 0 Å². The Bertz CT molecular complexity index is 21.2. The third kappa shape index (κ3) is 202. The van der Waals surface area contributed by atoms with Crippen molar-refractivity contribution in [1.82, 2.24) is 0 Å². The quantitative estimate of drug-likeness (QED) is 0.493. The Morgan fingerprint density at radius 3 is 0.833 bits per heavy atom. The number of hydrogen-bond acceptors (Lipinski definition) is 0. The first-order valence-corrected chi connectivity index (χ1v) is 5.68. The van der Waals surface area contributed by atoms with Gasteiger partial charge in [0, 0.05) is 0 Å². The van der Waals surface area contributed by atoms with E-state index < -0.39 is 0 Å².